The summed E-state index contributed by atoms with van der Waals surface area (Å²) >= 11 is 1.84. The van der Waals surface area contributed by atoms with E-state index in [1.807, 2.05) is 66.1 Å². The summed E-state index contributed by atoms with van der Waals surface area (Å²) in [7, 11) is 0. The van der Waals surface area contributed by atoms with Crippen molar-refractivity contribution in [3.8, 4) is 0 Å². The molecule has 4 aromatic heterocycles. The van der Waals surface area contributed by atoms with E-state index in [2.05, 4.69) is 95.1 Å². The summed E-state index contributed by atoms with van der Waals surface area (Å²) in [5.41, 5.74) is 8.39. The van der Waals surface area contributed by atoms with Gasteiger partial charge in [-0.25, -0.2) is 0 Å². The minimum absolute atomic E-state index is 0.375. The minimum atomic E-state index is 0.375. The summed E-state index contributed by atoms with van der Waals surface area (Å²) in [6.07, 6.45) is 1.89. The smallest absolute Gasteiger partial charge is 0.136 e. The van der Waals surface area contributed by atoms with E-state index in [9.17, 15) is 0 Å². The van der Waals surface area contributed by atoms with Crippen LogP contribution in [0.1, 0.15) is 11.1 Å². The predicted octanol–water partition coefficient (Wildman–Crippen LogP) is 11.4. The second-order valence-electron chi connectivity index (χ2n) is 12.0. The lowest BCUT2D eigenvalue weighted by atomic mass is 9.96. The van der Waals surface area contributed by atoms with Gasteiger partial charge in [0.1, 0.15) is 17.8 Å². The van der Waals surface area contributed by atoms with Crippen LogP contribution in [0.25, 0.3) is 74.8 Å². The van der Waals surface area contributed by atoms with Crippen molar-refractivity contribution in [1.29, 1.82) is 0 Å². The van der Waals surface area contributed by atoms with Gasteiger partial charge >= 0.3 is 0 Å². The van der Waals surface area contributed by atoms with Gasteiger partial charge in [-0.15, -0.1) is 11.3 Å². The van der Waals surface area contributed by atoms with Crippen molar-refractivity contribution in [1.82, 2.24) is 9.55 Å². The van der Waals surface area contributed by atoms with Crippen molar-refractivity contribution < 1.29 is 4.42 Å². The number of aliphatic imine (C=N–C) groups is 2. The Bertz CT molecular complexity index is 2960. The molecular weight excluding hydrogens is 609 g/mol. The van der Waals surface area contributed by atoms with Crippen LogP contribution in [0.3, 0.4) is 0 Å². The van der Waals surface area contributed by atoms with Crippen LogP contribution in [-0.4, -0.2) is 22.0 Å². The third-order valence-electron chi connectivity index (χ3n) is 9.45. The number of aromatic nitrogens is 2. The third-order valence-corrected chi connectivity index (χ3v) is 10.6. The van der Waals surface area contributed by atoms with E-state index in [1.54, 1.807) is 0 Å². The standard InChI is InChI=1S/C42H26N4OS/c1-43-31-18-7-4-14-27(31)39(30-17-10-21-34-36(30)28-15-5-8-20-33(28)47-34)45-24-46-32-19-11-23-44-40(32)38-26-13-3-2-12-25(26)37-29-16-6-9-22-35(29)48-42(37)41(38)46/h2-23H,1,24H2. The van der Waals surface area contributed by atoms with E-state index in [1.165, 1.54) is 30.9 Å². The molecule has 6 heteroatoms. The van der Waals surface area contributed by atoms with Crippen LogP contribution >= 0.6 is 11.3 Å². The lowest BCUT2D eigenvalue weighted by molar-refractivity contribution is 0.669. The van der Waals surface area contributed by atoms with Gasteiger partial charge in [-0.1, -0.05) is 91.0 Å². The molecule has 48 heavy (non-hydrogen) atoms. The summed E-state index contributed by atoms with van der Waals surface area (Å²) in [4.78, 5) is 14.9. The zero-order chi connectivity index (χ0) is 31.8. The van der Waals surface area contributed by atoms with Crippen LogP contribution in [0.15, 0.2) is 148 Å². The molecule has 0 saturated heterocycles. The number of hydrogen-bond donors (Lipinski definition) is 0. The second kappa shape index (κ2) is 10.5. The molecule has 0 radical (unpaired) electrons. The average Bonchev–Trinajstić information content (AvgIpc) is 3.82. The van der Waals surface area contributed by atoms with Crippen molar-refractivity contribution in [2.45, 2.75) is 6.67 Å². The Morgan fingerprint density at radius 3 is 2.25 bits per heavy atom. The van der Waals surface area contributed by atoms with Crippen LogP contribution in [0.2, 0.25) is 0 Å². The second-order valence-corrected chi connectivity index (χ2v) is 13.0. The lowest BCUT2D eigenvalue weighted by Gasteiger charge is -2.13. The molecule has 0 bridgehead atoms. The van der Waals surface area contributed by atoms with E-state index in [-0.39, 0.29) is 0 Å². The number of pyridine rings is 1. The van der Waals surface area contributed by atoms with E-state index in [0.29, 0.717) is 6.67 Å². The maximum Gasteiger partial charge on any atom is 0.136 e. The van der Waals surface area contributed by atoms with Crippen molar-refractivity contribution in [2.24, 2.45) is 9.98 Å². The van der Waals surface area contributed by atoms with Gasteiger partial charge < -0.3 is 8.98 Å². The summed E-state index contributed by atoms with van der Waals surface area (Å²) in [6.45, 7) is 4.29. The van der Waals surface area contributed by atoms with Crippen LogP contribution in [0.5, 0.6) is 0 Å². The summed E-state index contributed by atoms with van der Waals surface area (Å²) in [6, 6.07) is 44.1. The number of rotatable bonds is 5. The molecule has 0 aliphatic carbocycles. The first-order valence-corrected chi connectivity index (χ1v) is 16.7. The van der Waals surface area contributed by atoms with Gasteiger partial charge in [0.15, 0.2) is 0 Å². The SMILES string of the molecule is C=Nc1ccccc1C(=NCn1c2cccnc2c2c3ccccc3c3c4ccccc4sc3c21)c1cccc2oc3ccccc3c12. The molecule has 0 unspecified atom stereocenters. The van der Waals surface area contributed by atoms with Gasteiger partial charge in [0.2, 0.25) is 0 Å². The lowest BCUT2D eigenvalue weighted by Crippen LogP contribution is -2.07. The highest BCUT2D eigenvalue weighted by molar-refractivity contribution is 7.27. The summed E-state index contributed by atoms with van der Waals surface area (Å²) < 4.78 is 11.2. The minimum Gasteiger partial charge on any atom is -0.456 e. The Hall–Kier alpha value is -6.11. The van der Waals surface area contributed by atoms with E-state index in [0.717, 1.165) is 66.4 Å². The normalized spacial score (nSPS) is 12.5. The molecule has 0 amide bonds. The van der Waals surface area contributed by atoms with Crippen molar-refractivity contribution >= 4 is 104 Å². The van der Waals surface area contributed by atoms with E-state index < -0.39 is 0 Å². The maximum absolute atomic E-state index is 6.32. The quantitative estimate of drug-likeness (QED) is 0.177. The molecular formula is C42H26N4OS. The molecule has 5 nitrogen and oxygen atoms in total. The molecule has 10 rings (SSSR count). The van der Waals surface area contributed by atoms with Crippen molar-refractivity contribution in [2.75, 3.05) is 0 Å². The summed E-state index contributed by atoms with van der Waals surface area (Å²) in [5, 5.41) is 8.25. The van der Waals surface area contributed by atoms with Crippen LogP contribution in [0, 0.1) is 0 Å². The molecule has 0 aliphatic heterocycles. The van der Waals surface area contributed by atoms with Gasteiger partial charge in [-0.05, 0) is 53.9 Å². The van der Waals surface area contributed by atoms with Gasteiger partial charge in [-0.2, -0.15) is 0 Å². The van der Waals surface area contributed by atoms with Crippen molar-refractivity contribution in [3.05, 3.63) is 145 Å². The van der Waals surface area contributed by atoms with Gasteiger partial charge in [-0.3, -0.25) is 15.0 Å². The number of nitrogens with zero attached hydrogens (tertiary/aromatic N) is 4. The number of para-hydroxylation sites is 2. The van der Waals surface area contributed by atoms with Crippen LogP contribution in [-0.2, 0) is 6.67 Å². The number of hydrogen-bond acceptors (Lipinski definition) is 5. The molecule has 0 N–H and O–H groups in total. The molecule has 0 atom stereocenters. The largest absolute Gasteiger partial charge is 0.456 e. The maximum atomic E-state index is 6.32. The van der Waals surface area contributed by atoms with Crippen molar-refractivity contribution in [3.63, 3.8) is 0 Å². The molecule has 0 saturated carbocycles. The first-order chi connectivity index (χ1) is 23.8. The average molecular weight is 635 g/mol. The number of benzene rings is 6. The monoisotopic (exact) mass is 634 g/mol. The highest BCUT2D eigenvalue weighted by Crippen LogP contribution is 2.46. The Balaban J connectivity index is 1.32. The van der Waals surface area contributed by atoms with Crippen LogP contribution < -0.4 is 0 Å². The molecule has 10 aromatic rings. The van der Waals surface area contributed by atoms with Gasteiger partial charge in [0.05, 0.1) is 32.6 Å². The highest BCUT2D eigenvalue weighted by atomic mass is 32.1. The Labute approximate surface area is 278 Å². The fourth-order valence-electron chi connectivity index (χ4n) is 7.45. The van der Waals surface area contributed by atoms with Crippen LogP contribution in [0.4, 0.5) is 5.69 Å². The molecule has 0 aliphatic rings. The van der Waals surface area contributed by atoms with E-state index >= 15 is 0 Å². The Morgan fingerprint density at radius 2 is 1.38 bits per heavy atom. The molecule has 0 spiro atoms. The first kappa shape index (κ1) is 27.0. The Kier molecular flexibility index (Phi) is 5.89. The topological polar surface area (TPSA) is 55.7 Å². The molecule has 226 valence electrons. The summed E-state index contributed by atoms with van der Waals surface area (Å²) in [5.74, 6) is 0. The number of fused-ring (bicyclic) bond motifs is 13. The number of thiophene rings is 1. The first-order valence-electron chi connectivity index (χ1n) is 15.9. The fourth-order valence-corrected chi connectivity index (χ4v) is 8.73. The zero-order valence-corrected chi connectivity index (χ0v) is 26.5. The number of furan rings is 1. The highest BCUT2D eigenvalue weighted by Gasteiger charge is 2.23. The molecule has 0 fully saturated rings. The Morgan fingerprint density at radius 1 is 0.667 bits per heavy atom. The zero-order valence-electron chi connectivity index (χ0n) is 25.7. The third kappa shape index (κ3) is 3.81. The van der Waals surface area contributed by atoms with Gasteiger partial charge in [0.25, 0.3) is 0 Å². The molecule has 4 heterocycles. The molecule has 6 aromatic carbocycles. The fraction of sp³-hybridized carbons (Fsp3) is 0.0238. The predicted molar refractivity (Wildman–Crippen MR) is 203 cm³/mol. The van der Waals surface area contributed by atoms with Gasteiger partial charge in [0, 0.05) is 49.0 Å². The van der Waals surface area contributed by atoms with E-state index in [4.69, 9.17) is 14.4 Å².